The molecule has 19 nitrogen and oxygen atoms in total. The van der Waals surface area contributed by atoms with E-state index in [2.05, 4.69) is 34.4 Å². The predicted octanol–water partition coefficient (Wildman–Crippen LogP) is 2.52. The van der Waals surface area contributed by atoms with Crippen molar-refractivity contribution in [2.75, 3.05) is 105 Å². The molecule has 304 valence electrons. The Morgan fingerprint density at radius 1 is 0.340 bits per heavy atom. The third-order valence-electron chi connectivity index (χ3n) is 6.41. The van der Waals surface area contributed by atoms with Crippen LogP contribution in [0.15, 0.2) is 25.3 Å². The summed E-state index contributed by atoms with van der Waals surface area (Å²) in [4.78, 5) is 68.2. The first kappa shape index (κ1) is 48.4. The quantitative estimate of drug-likeness (QED) is 0.0319. The van der Waals surface area contributed by atoms with E-state index < -0.39 is 36.3 Å². The van der Waals surface area contributed by atoms with Crippen molar-refractivity contribution in [3.63, 3.8) is 0 Å². The Balaban J connectivity index is 3.34. The van der Waals surface area contributed by atoms with E-state index in [1.54, 1.807) is 0 Å². The van der Waals surface area contributed by atoms with Gasteiger partial charge in [0.15, 0.2) is 0 Å². The maximum absolute atomic E-state index is 11.7. The van der Waals surface area contributed by atoms with Crippen molar-refractivity contribution in [2.45, 2.75) is 51.4 Å². The van der Waals surface area contributed by atoms with Crippen LogP contribution in [0.5, 0.6) is 0 Å². The molecule has 0 aromatic heterocycles. The van der Waals surface area contributed by atoms with Crippen LogP contribution in [0, 0.1) is 0 Å². The van der Waals surface area contributed by atoms with Crippen molar-refractivity contribution in [3.8, 4) is 0 Å². The van der Waals surface area contributed by atoms with Crippen LogP contribution in [0.2, 0.25) is 0 Å². The van der Waals surface area contributed by atoms with Crippen molar-refractivity contribution < 1.29 is 71.4 Å². The first-order valence-electron chi connectivity index (χ1n) is 17.7. The minimum Gasteiger partial charge on any atom is -0.459 e. The molecular formula is C34H58N4O15. The molecule has 0 saturated carbocycles. The number of hydrogen-bond donors (Lipinski definition) is 4. The van der Waals surface area contributed by atoms with Crippen LogP contribution >= 0.6 is 0 Å². The van der Waals surface area contributed by atoms with Crippen LogP contribution < -0.4 is 21.3 Å². The zero-order valence-electron chi connectivity index (χ0n) is 30.7. The first-order valence-corrected chi connectivity index (χ1v) is 17.7. The maximum atomic E-state index is 11.7. The normalized spacial score (nSPS) is 10.3. The van der Waals surface area contributed by atoms with Gasteiger partial charge in [0.25, 0.3) is 0 Å². The van der Waals surface area contributed by atoms with Crippen molar-refractivity contribution in [1.29, 1.82) is 0 Å². The lowest BCUT2D eigenvalue weighted by Gasteiger charge is -2.09. The number of ether oxygens (including phenoxy) is 9. The Kier molecular flexibility index (Phi) is 33.9. The van der Waals surface area contributed by atoms with E-state index in [9.17, 15) is 28.8 Å². The van der Waals surface area contributed by atoms with Gasteiger partial charge in [-0.2, -0.15) is 0 Å². The number of carbonyl (C=O) groups excluding carboxylic acids is 6. The molecule has 0 aliphatic rings. The molecule has 0 saturated heterocycles. The lowest BCUT2D eigenvalue weighted by molar-refractivity contribution is -0.139. The fourth-order valence-electron chi connectivity index (χ4n) is 3.77. The second kappa shape index (κ2) is 37.1. The molecule has 0 atom stereocenters. The fourth-order valence-corrected chi connectivity index (χ4v) is 3.77. The summed E-state index contributed by atoms with van der Waals surface area (Å²) in [6, 6.07) is 0. The molecular weight excluding hydrogens is 704 g/mol. The van der Waals surface area contributed by atoms with Gasteiger partial charge in [-0.3, -0.25) is 0 Å². The summed E-state index contributed by atoms with van der Waals surface area (Å²) in [5.41, 5.74) is 0. The van der Waals surface area contributed by atoms with Gasteiger partial charge in [-0.15, -0.1) is 0 Å². The van der Waals surface area contributed by atoms with E-state index in [0.717, 1.165) is 63.5 Å². The summed E-state index contributed by atoms with van der Waals surface area (Å²) in [5, 5.41) is 10.5. The lowest BCUT2D eigenvalue weighted by atomic mass is 10.2. The smallest absolute Gasteiger partial charge is 0.407 e. The Hall–Kier alpha value is -4.62. The van der Waals surface area contributed by atoms with Crippen LogP contribution in [0.3, 0.4) is 0 Å². The van der Waals surface area contributed by atoms with Crippen LogP contribution in [0.1, 0.15) is 51.4 Å². The molecule has 0 aromatic rings. The molecule has 4 N–H and O–H groups in total. The average Bonchev–Trinajstić information content (AvgIpc) is 3.15. The van der Waals surface area contributed by atoms with Crippen LogP contribution in [0.4, 0.5) is 19.2 Å². The van der Waals surface area contributed by atoms with E-state index >= 15 is 0 Å². The predicted molar refractivity (Wildman–Crippen MR) is 189 cm³/mol. The summed E-state index contributed by atoms with van der Waals surface area (Å²) in [7, 11) is 0. The number of unbranched alkanes of at least 4 members (excludes halogenated alkanes) is 6. The maximum Gasteiger partial charge on any atom is 0.407 e. The van der Waals surface area contributed by atoms with Gasteiger partial charge in [0.05, 0.1) is 39.6 Å². The molecule has 4 amide bonds. The zero-order valence-corrected chi connectivity index (χ0v) is 30.7. The number of nitrogens with one attached hydrogen (secondary N) is 4. The number of alkyl carbamates (subject to hydrolysis) is 4. The minimum absolute atomic E-state index is 0.0315. The molecule has 0 radical (unpaired) electrons. The zero-order chi connectivity index (χ0) is 39.0. The Bertz CT molecular complexity index is 954. The highest BCUT2D eigenvalue weighted by Gasteiger charge is 2.05. The molecule has 53 heavy (non-hydrogen) atoms. The average molecular weight is 763 g/mol. The molecule has 0 fully saturated rings. The molecule has 0 bridgehead atoms. The van der Waals surface area contributed by atoms with Gasteiger partial charge < -0.3 is 63.9 Å². The third kappa shape index (κ3) is 37.0. The molecule has 0 aromatic carbocycles. The summed E-state index contributed by atoms with van der Waals surface area (Å²) in [5.74, 6) is -1.15. The standard InChI is InChI=1S/C34H58N4O15/c1-3-29(39)48-25-27-52-33(43)37-15-11-7-5-9-13-35-31(41)50-23-21-46-19-17-45-18-20-47-22-24-51-32(42)36-14-10-6-8-12-16-38-34(44)53-28-26-49-30(40)4-2/h3-4H,1-2,5-28H2,(H,35,41)(H,36,42)(H,37,43)(H,38,44). The molecule has 0 aliphatic heterocycles. The summed E-state index contributed by atoms with van der Waals surface area (Å²) in [6.45, 7) is 10.3. The number of amides is 4. The van der Waals surface area contributed by atoms with Gasteiger partial charge in [0, 0.05) is 38.3 Å². The highest BCUT2D eigenvalue weighted by Crippen LogP contribution is 1.99. The lowest BCUT2D eigenvalue weighted by Crippen LogP contribution is -2.27. The molecule has 0 unspecified atom stereocenters. The minimum atomic E-state index is -0.577. The Morgan fingerprint density at radius 3 is 0.830 bits per heavy atom. The summed E-state index contributed by atoms with van der Waals surface area (Å²) in [6.07, 6.45) is 6.36. The van der Waals surface area contributed by atoms with Gasteiger partial charge in [-0.1, -0.05) is 38.8 Å². The van der Waals surface area contributed by atoms with E-state index in [1.807, 2.05) is 0 Å². The number of esters is 2. The van der Waals surface area contributed by atoms with Gasteiger partial charge in [0.2, 0.25) is 0 Å². The summed E-state index contributed by atoms with van der Waals surface area (Å²) >= 11 is 0. The van der Waals surface area contributed by atoms with Crippen molar-refractivity contribution in [2.24, 2.45) is 0 Å². The number of carbonyl (C=O) groups is 6. The topological polar surface area (TPSA) is 234 Å². The van der Waals surface area contributed by atoms with E-state index in [1.165, 1.54) is 0 Å². The second-order valence-electron chi connectivity index (χ2n) is 10.7. The molecule has 0 heterocycles. The van der Waals surface area contributed by atoms with Crippen molar-refractivity contribution >= 4 is 36.3 Å². The van der Waals surface area contributed by atoms with Gasteiger partial charge >= 0.3 is 36.3 Å². The monoisotopic (exact) mass is 762 g/mol. The molecule has 0 spiro atoms. The second-order valence-corrected chi connectivity index (χ2v) is 10.7. The SMILES string of the molecule is C=CC(=O)OCCOC(=O)NCCCCCCNC(=O)OCCOCCOCCOCCOC(=O)NCCCCCCNC(=O)OCCOC(=O)C=C. The van der Waals surface area contributed by atoms with Crippen molar-refractivity contribution in [3.05, 3.63) is 25.3 Å². The molecule has 19 heteroatoms. The van der Waals surface area contributed by atoms with Crippen LogP contribution in [0.25, 0.3) is 0 Å². The fraction of sp³-hybridized carbons (Fsp3) is 0.706. The van der Waals surface area contributed by atoms with Gasteiger partial charge in [0.1, 0.15) is 39.6 Å². The van der Waals surface area contributed by atoms with Gasteiger partial charge in [-0.25, -0.2) is 28.8 Å². The van der Waals surface area contributed by atoms with E-state index in [-0.39, 0.29) is 52.9 Å². The highest BCUT2D eigenvalue weighted by atomic mass is 16.6. The van der Waals surface area contributed by atoms with E-state index in [0.29, 0.717) is 52.6 Å². The van der Waals surface area contributed by atoms with Crippen molar-refractivity contribution in [1.82, 2.24) is 21.3 Å². The van der Waals surface area contributed by atoms with Crippen LogP contribution in [-0.2, 0) is 52.2 Å². The Morgan fingerprint density at radius 2 is 0.566 bits per heavy atom. The highest BCUT2D eigenvalue weighted by molar-refractivity contribution is 5.81. The Labute approximate surface area is 311 Å². The van der Waals surface area contributed by atoms with Gasteiger partial charge in [-0.05, 0) is 25.7 Å². The largest absolute Gasteiger partial charge is 0.459 e. The van der Waals surface area contributed by atoms with Crippen LogP contribution in [-0.4, -0.2) is 142 Å². The number of hydrogen-bond acceptors (Lipinski definition) is 15. The first-order chi connectivity index (χ1) is 25.8. The number of rotatable bonds is 34. The molecule has 0 rings (SSSR count). The third-order valence-corrected chi connectivity index (χ3v) is 6.41. The van der Waals surface area contributed by atoms with E-state index in [4.69, 9.17) is 42.6 Å². The molecule has 0 aliphatic carbocycles. The summed E-state index contributed by atoms with van der Waals surface area (Å²) < 4.78 is 45.3.